The van der Waals surface area contributed by atoms with Gasteiger partial charge in [0.15, 0.2) is 0 Å². The Morgan fingerprint density at radius 1 is 1.27 bits per heavy atom. The molecule has 1 aliphatic rings. The highest BCUT2D eigenvalue weighted by Crippen LogP contribution is 2.28. The van der Waals surface area contributed by atoms with Crippen LogP contribution in [0.15, 0.2) is 48.0 Å². The third-order valence-electron chi connectivity index (χ3n) is 4.94. The second kappa shape index (κ2) is 7.43. The molecule has 2 aromatic heterocycles. The van der Waals surface area contributed by atoms with E-state index in [1.807, 2.05) is 17.5 Å². The summed E-state index contributed by atoms with van der Waals surface area (Å²) in [5.41, 5.74) is 3.65. The van der Waals surface area contributed by atoms with Gasteiger partial charge in [0.2, 0.25) is 0 Å². The summed E-state index contributed by atoms with van der Waals surface area (Å²) in [5.74, 6) is 0. The molecule has 4 rings (SSSR count). The summed E-state index contributed by atoms with van der Waals surface area (Å²) < 4.78 is 0. The number of thiophene rings is 1. The van der Waals surface area contributed by atoms with Gasteiger partial charge in [-0.15, -0.1) is 11.3 Å². The molecule has 5 nitrogen and oxygen atoms in total. The summed E-state index contributed by atoms with van der Waals surface area (Å²) in [6, 6.07) is 12.6. The number of anilines is 1. The van der Waals surface area contributed by atoms with E-state index >= 15 is 0 Å². The topological polar surface area (TPSA) is 57.3 Å². The van der Waals surface area contributed by atoms with Gasteiger partial charge in [0.05, 0.1) is 5.69 Å². The van der Waals surface area contributed by atoms with Crippen molar-refractivity contribution < 1.29 is 4.79 Å². The van der Waals surface area contributed by atoms with Crippen LogP contribution < -0.4 is 10.6 Å². The molecular formula is C20H22N4OS. The van der Waals surface area contributed by atoms with E-state index in [1.54, 1.807) is 6.20 Å². The van der Waals surface area contributed by atoms with E-state index in [4.69, 9.17) is 0 Å². The van der Waals surface area contributed by atoms with Crippen LogP contribution >= 0.6 is 11.3 Å². The SMILES string of the molecule is CC(CNC(=O)Nc1csc2ncccc12)N1CCc2ccccc2C1. The number of rotatable bonds is 4. The lowest BCUT2D eigenvalue weighted by Crippen LogP contribution is -2.45. The van der Waals surface area contributed by atoms with E-state index in [1.165, 1.54) is 22.5 Å². The van der Waals surface area contributed by atoms with Crippen molar-refractivity contribution in [1.29, 1.82) is 0 Å². The van der Waals surface area contributed by atoms with Crippen LogP contribution in [0.4, 0.5) is 10.5 Å². The van der Waals surface area contributed by atoms with E-state index in [0.29, 0.717) is 6.54 Å². The average Bonchev–Trinajstić information content (AvgIpc) is 3.08. The predicted octanol–water partition coefficient (Wildman–Crippen LogP) is 3.86. The van der Waals surface area contributed by atoms with Crippen molar-refractivity contribution in [2.75, 3.05) is 18.4 Å². The Bertz CT molecular complexity index is 923. The van der Waals surface area contributed by atoms with Gasteiger partial charge in [-0.05, 0) is 36.6 Å². The number of hydrogen-bond acceptors (Lipinski definition) is 4. The third-order valence-corrected chi connectivity index (χ3v) is 5.84. The van der Waals surface area contributed by atoms with Gasteiger partial charge in [-0.3, -0.25) is 4.90 Å². The van der Waals surface area contributed by atoms with Gasteiger partial charge >= 0.3 is 6.03 Å². The zero-order chi connectivity index (χ0) is 17.9. The Morgan fingerprint density at radius 2 is 2.12 bits per heavy atom. The first-order valence-electron chi connectivity index (χ1n) is 8.88. The number of carbonyl (C=O) groups is 1. The number of fused-ring (bicyclic) bond motifs is 2. The van der Waals surface area contributed by atoms with Crippen molar-refractivity contribution in [2.45, 2.75) is 25.9 Å². The molecule has 0 saturated heterocycles. The highest BCUT2D eigenvalue weighted by atomic mass is 32.1. The Morgan fingerprint density at radius 3 is 3.00 bits per heavy atom. The maximum atomic E-state index is 12.3. The lowest BCUT2D eigenvalue weighted by atomic mass is 9.99. The maximum absolute atomic E-state index is 12.3. The minimum atomic E-state index is -0.169. The van der Waals surface area contributed by atoms with Crippen molar-refractivity contribution in [3.63, 3.8) is 0 Å². The molecule has 1 aliphatic heterocycles. The average molecular weight is 366 g/mol. The summed E-state index contributed by atoms with van der Waals surface area (Å²) in [7, 11) is 0. The molecule has 26 heavy (non-hydrogen) atoms. The molecule has 0 radical (unpaired) electrons. The molecule has 2 N–H and O–H groups in total. The van der Waals surface area contributed by atoms with E-state index in [9.17, 15) is 4.79 Å². The Kier molecular flexibility index (Phi) is 4.86. The number of carbonyl (C=O) groups excluding carboxylic acids is 1. The Hall–Kier alpha value is -2.44. The quantitative estimate of drug-likeness (QED) is 0.737. The van der Waals surface area contributed by atoms with Gasteiger partial charge in [0.25, 0.3) is 0 Å². The molecule has 0 fully saturated rings. The molecule has 134 valence electrons. The van der Waals surface area contributed by atoms with E-state index in [-0.39, 0.29) is 12.1 Å². The van der Waals surface area contributed by atoms with E-state index in [0.717, 1.165) is 35.4 Å². The second-order valence-corrected chi connectivity index (χ2v) is 7.54. The molecular weight excluding hydrogens is 344 g/mol. The molecule has 1 unspecified atom stereocenters. The van der Waals surface area contributed by atoms with Crippen LogP contribution in [0.5, 0.6) is 0 Å². The molecule has 6 heteroatoms. The van der Waals surface area contributed by atoms with Crippen LogP contribution in [0.3, 0.4) is 0 Å². The first kappa shape index (κ1) is 17.0. The van der Waals surface area contributed by atoms with Crippen molar-refractivity contribution in [1.82, 2.24) is 15.2 Å². The van der Waals surface area contributed by atoms with Crippen molar-refractivity contribution in [3.05, 3.63) is 59.1 Å². The van der Waals surface area contributed by atoms with Gasteiger partial charge in [0.1, 0.15) is 4.83 Å². The number of hydrogen-bond donors (Lipinski definition) is 2. The maximum Gasteiger partial charge on any atom is 0.319 e. The summed E-state index contributed by atoms with van der Waals surface area (Å²) in [6.07, 6.45) is 2.84. The molecule has 0 aliphatic carbocycles. The molecule has 1 aromatic carbocycles. The zero-order valence-corrected chi connectivity index (χ0v) is 15.6. The standard InChI is InChI=1S/C20H22N4OS/c1-14(24-10-8-15-5-2-3-6-16(15)12-24)11-22-20(25)23-18-13-26-19-17(18)7-4-9-21-19/h2-7,9,13-14H,8,10-12H2,1H3,(H2,22,23,25). The summed E-state index contributed by atoms with van der Waals surface area (Å²) >= 11 is 1.53. The minimum Gasteiger partial charge on any atom is -0.336 e. The van der Waals surface area contributed by atoms with E-state index in [2.05, 4.69) is 51.7 Å². The summed E-state index contributed by atoms with van der Waals surface area (Å²) in [6.45, 7) is 4.76. The van der Waals surface area contributed by atoms with Gasteiger partial charge in [-0.25, -0.2) is 9.78 Å². The molecule has 2 amide bonds. The first-order chi connectivity index (χ1) is 12.7. The summed E-state index contributed by atoms with van der Waals surface area (Å²) in [4.78, 5) is 19.9. The monoisotopic (exact) mass is 366 g/mol. The lowest BCUT2D eigenvalue weighted by molar-refractivity contribution is 0.186. The highest BCUT2D eigenvalue weighted by Gasteiger charge is 2.20. The predicted molar refractivity (Wildman–Crippen MR) is 107 cm³/mol. The molecule has 1 atom stereocenters. The van der Waals surface area contributed by atoms with Crippen LogP contribution in [0.25, 0.3) is 10.2 Å². The van der Waals surface area contributed by atoms with E-state index < -0.39 is 0 Å². The lowest BCUT2D eigenvalue weighted by Gasteiger charge is -2.33. The second-order valence-electron chi connectivity index (χ2n) is 6.68. The van der Waals surface area contributed by atoms with Crippen LogP contribution in [0, 0.1) is 0 Å². The van der Waals surface area contributed by atoms with Crippen LogP contribution in [-0.2, 0) is 13.0 Å². The van der Waals surface area contributed by atoms with Crippen LogP contribution in [0.1, 0.15) is 18.1 Å². The minimum absolute atomic E-state index is 0.169. The first-order valence-corrected chi connectivity index (χ1v) is 9.76. The van der Waals surface area contributed by atoms with Crippen LogP contribution in [0.2, 0.25) is 0 Å². The van der Waals surface area contributed by atoms with Crippen LogP contribution in [-0.4, -0.2) is 35.0 Å². The molecule has 0 saturated carbocycles. The molecule has 3 aromatic rings. The van der Waals surface area contributed by atoms with Crippen molar-refractivity contribution in [3.8, 4) is 0 Å². The number of aromatic nitrogens is 1. The number of amides is 2. The molecule has 0 spiro atoms. The molecule has 0 bridgehead atoms. The Balaban J connectivity index is 1.32. The smallest absolute Gasteiger partial charge is 0.319 e. The number of benzene rings is 1. The zero-order valence-electron chi connectivity index (χ0n) is 14.7. The molecule has 3 heterocycles. The van der Waals surface area contributed by atoms with Gasteiger partial charge in [-0.1, -0.05) is 24.3 Å². The van der Waals surface area contributed by atoms with Crippen molar-refractivity contribution >= 4 is 33.3 Å². The van der Waals surface area contributed by atoms with Gasteiger partial charge in [-0.2, -0.15) is 0 Å². The highest BCUT2D eigenvalue weighted by molar-refractivity contribution is 7.17. The Labute approximate surface area is 157 Å². The number of nitrogens with one attached hydrogen (secondary N) is 2. The number of pyridine rings is 1. The fourth-order valence-electron chi connectivity index (χ4n) is 3.39. The van der Waals surface area contributed by atoms with Gasteiger partial charge in [0, 0.05) is 42.6 Å². The van der Waals surface area contributed by atoms with Gasteiger partial charge < -0.3 is 10.6 Å². The van der Waals surface area contributed by atoms with Crippen molar-refractivity contribution in [2.24, 2.45) is 0 Å². The third kappa shape index (κ3) is 3.57. The summed E-state index contributed by atoms with van der Waals surface area (Å²) in [5, 5.41) is 8.85. The largest absolute Gasteiger partial charge is 0.336 e. The number of nitrogens with zero attached hydrogens (tertiary/aromatic N) is 2. The normalized spacial score (nSPS) is 15.4. The fraction of sp³-hybridized carbons (Fsp3) is 0.300. The fourth-order valence-corrected chi connectivity index (χ4v) is 4.24. The number of urea groups is 1.